The topological polar surface area (TPSA) is 32.3 Å². The third-order valence-electron chi connectivity index (χ3n) is 2.34. The van der Waals surface area contributed by atoms with E-state index in [1.54, 1.807) is 11.8 Å². The van der Waals surface area contributed by atoms with E-state index in [9.17, 15) is 4.79 Å². The molecule has 1 aliphatic heterocycles. The van der Waals surface area contributed by atoms with E-state index in [1.807, 2.05) is 11.2 Å². The van der Waals surface area contributed by atoms with Crippen LogP contribution in [0.1, 0.15) is 13.3 Å². The fourth-order valence-electron chi connectivity index (χ4n) is 1.54. The molecule has 84 valence electrons. The van der Waals surface area contributed by atoms with Gasteiger partial charge in [0.15, 0.2) is 0 Å². The van der Waals surface area contributed by atoms with Gasteiger partial charge in [-0.05, 0) is 13.2 Å². The molecule has 1 amide bonds. The smallest absolute Gasteiger partial charge is 0.223 e. The number of piperazine rings is 1. The highest BCUT2D eigenvalue weighted by molar-refractivity contribution is 7.98. The van der Waals surface area contributed by atoms with Crippen molar-refractivity contribution in [3.8, 4) is 0 Å². The largest absolute Gasteiger partial charge is 0.337 e. The van der Waals surface area contributed by atoms with E-state index in [0.717, 1.165) is 25.4 Å². The first-order chi connectivity index (χ1) is 6.25. The van der Waals surface area contributed by atoms with Gasteiger partial charge in [-0.1, -0.05) is 0 Å². The predicted octanol–water partition coefficient (Wildman–Crippen LogP) is 0.982. The van der Waals surface area contributed by atoms with Crippen molar-refractivity contribution < 1.29 is 4.79 Å². The summed E-state index contributed by atoms with van der Waals surface area (Å²) >= 11 is 1.73. The molecule has 0 aromatic carbocycles. The number of halogens is 1. The number of nitrogens with one attached hydrogen (secondary N) is 1. The van der Waals surface area contributed by atoms with Crippen molar-refractivity contribution >= 4 is 30.1 Å². The quantitative estimate of drug-likeness (QED) is 0.796. The molecule has 1 fully saturated rings. The molecule has 14 heavy (non-hydrogen) atoms. The molecular weight excluding hydrogens is 220 g/mol. The molecule has 0 aromatic heterocycles. The van der Waals surface area contributed by atoms with Crippen LogP contribution in [-0.2, 0) is 4.79 Å². The van der Waals surface area contributed by atoms with Crippen LogP contribution in [0.3, 0.4) is 0 Å². The van der Waals surface area contributed by atoms with Crippen LogP contribution in [0, 0.1) is 0 Å². The Hall–Kier alpha value is 0.0700. The van der Waals surface area contributed by atoms with Gasteiger partial charge in [0, 0.05) is 37.8 Å². The number of hydrogen-bond donors (Lipinski definition) is 1. The van der Waals surface area contributed by atoms with Gasteiger partial charge in [0.1, 0.15) is 0 Å². The van der Waals surface area contributed by atoms with E-state index in [2.05, 4.69) is 12.2 Å². The normalized spacial score (nSPS) is 21.6. The van der Waals surface area contributed by atoms with E-state index < -0.39 is 0 Å². The van der Waals surface area contributed by atoms with Crippen LogP contribution in [0.25, 0.3) is 0 Å². The highest BCUT2D eigenvalue weighted by Gasteiger charge is 2.21. The standard InChI is InChI=1S/C9H18N2OS.ClH/c1-8-7-10-4-5-11(8)9(12)3-6-13-2;/h8,10H,3-7H2,1-2H3;1H/t8-;/m1./s1. The van der Waals surface area contributed by atoms with E-state index >= 15 is 0 Å². The molecule has 0 bridgehead atoms. The molecule has 1 atom stereocenters. The number of rotatable bonds is 3. The van der Waals surface area contributed by atoms with Crippen molar-refractivity contribution in [3.63, 3.8) is 0 Å². The number of carbonyl (C=O) groups excluding carboxylic acids is 1. The fraction of sp³-hybridized carbons (Fsp3) is 0.889. The molecule has 0 spiro atoms. The highest BCUT2D eigenvalue weighted by Crippen LogP contribution is 2.06. The monoisotopic (exact) mass is 238 g/mol. The van der Waals surface area contributed by atoms with Crippen LogP contribution >= 0.6 is 24.2 Å². The molecule has 1 heterocycles. The Bertz CT molecular complexity index is 180. The Labute approximate surface area is 96.4 Å². The summed E-state index contributed by atoms with van der Waals surface area (Å²) in [6.45, 7) is 4.85. The van der Waals surface area contributed by atoms with Gasteiger partial charge >= 0.3 is 0 Å². The second-order valence-corrected chi connectivity index (χ2v) is 4.37. The zero-order valence-corrected chi connectivity index (χ0v) is 10.4. The zero-order valence-electron chi connectivity index (χ0n) is 8.78. The van der Waals surface area contributed by atoms with Crippen molar-refractivity contribution in [3.05, 3.63) is 0 Å². The molecule has 1 N–H and O–H groups in total. The number of nitrogens with zero attached hydrogens (tertiary/aromatic N) is 1. The Morgan fingerprint density at radius 2 is 2.36 bits per heavy atom. The summed E-state index contributed by atoms with van der Waals surface area (Å²) in [4.78, 5) is 13.6. The third kappa shape index (κ3) is 4.07. The summed E-state index contributed by atoms with van der Waals surface area (Å²) in [5, 5.41) is 3.28. The summed E-state index contributed by atoms with van der Waals surface area (Å²) < 4.78 is 0. The maximum atomic E-state index is 11.7. The van der Waals surface area contributed by atoms with Crippen molar-refractivity contribution in [2.24, 2.45) is 0 Å². The molecule has 0 aliphatic carbocycles. The summed E-state index contributed by atoms with van der Waals surface area (Å²) in [6.07, 6.45) is 2.72. The number of carbonyl (C=O) groups is 1. The minimum Gasteiger partial charge on any atom is -0.337 e. The van der Waals surface area contributed by atoms with Crippen LogP contribution in [0.5, 0.6) is 0 Å². The molecule has 0 unspecified atom stereocenters. The van der Waals surface area contributed by atoms with Gasteiger partial charge in [-0.25, -0.2) is 0 Å². The molecule has 1 saturated heterocycles. The van der Waals surface area contributed by atoms with Crippen LogP contribution < -0.4 is 5.32 Å². The lowest BCUT2D eigenvalue weighted by Gasteiger charge is -2.34. The fourth-order valence-corrected chi connectivity index (χ4v) is 1.92. The Morgan fingerprint density at radius 1 is 1.64 bits per heavy atom. The van der Waals surface area contributed by atoms with Gasteiger partial charge in [-0.15, -0.1) is 12.4 Å². The van der Waals surface area contributed by atoms with E-state index in [-0.39, 0.29) is 12.4 Å². The Morgan fingerprint density at radius 3 is 2.93 bits per heavy atom. The summed E-state index contributed by atoms with van der Waals surface area (Å²) in [7, 11) is 0. The number of hydrogen-bond acceptors (Lipinski definition) is 3. The first kappa shape index (κ1) is 14.1. The molecule has 0 aromatic rings. The highest BCUT2D eigenvalue weighted by atomic mass is 35.5. The van der Waals surface area contributed by atoms with Gasteiger partial charge in [-0.2, -0.15) is 11.8 Å². The van der Waals surface area contributed by atoms with Gasteiger partial charge in [-0.3, -0.25) is 4.79 Å². The first-order valence-corrected chi connectivity index (χ1v) is 6.14. The van der Waals surface area contributed by atoms with Crippen LogP contribution in [-0.4, -0.2) is 48.5 Å². The first-order valence-electron chi connectivity index (χ1n) is 4.75. The molecule has 3 nitrogen and oxygen atoms in total. The van der Waals surface area contributed by atoms with Crippen molar-refractivity contribution in [1.29, 1.82) is 0 Å². The number of thioether (sulfide) groups is 1. The zero-order chi connectivity index (χ0) is 9.68. The van der Waals surface area contributed by atoms with E-state index in [0.29, 0.717) is 18.4 Å². The van der Waals surface area contributed by atoms with Crippen molar-refractivity contribution in [2.75, 3.05) is 31.6 Å². The summed E-state index contributed by atoms with van der Waals surface area (Å²) in [5.41, 5.74) is 0. The Balaban J connectivity index is 0.00000169. The third-order valence-corrected chi connectivity index (χ3v) is 2.95. The van der Waals surface area contributed by atoms with Gasteiger partial charge in [0.25, 0.3) is 0 Å². The molecule has 0 saturated carbocycles. The van der Waals surface area contributed by atoms with Gasteiger partial charge < -0.3 is 10.2 Å². The van der Waals surface area contributed by atoms with Crippen LogP contribution in [0.15, 0.2) is 0 Å². The average Bonchev–Trinajstić information content (AvgIpc) is 2.15. The molecule has 1 aliphatic rings. The average molecular weight is 239 g/mol. The van der Waals surface area contributed by atoms with Gasteiger partial charge in [0.05, 0.1) is 0 Å². The SMILES string of the molecule is CSCCC(=O)N1CCNC[C@H]1C.Cl. The second kappa shape index (κ2) is 7.37. The van der Waals surface area contributed by atoms with Gasteiger partial charge in [0.2, 0.25) is 5.91 Å². The van der Waals surface area contributed by atoms with Crippen LogP contribution in [0.2, 0.25) is 0 Å². The predicted molar refractivity (Wildman–Crippen MR) is 64.3 cm³/mol. The minimum absolute atomic E-state index is 0. The lowest BCUT2D eigenvalue weighted by molar-refractivity contribution is -0.133. The summed E-state index contributed by atoms with van der Waals surface area (Å²) in [5.74, 6) is 1.25. The van der Waals surface area contributed by atoms with Crippen molar-refractivity contribution in [1.82, 2.24) is 10.2 Å². The summed E-state index contributed by atoms with van der Waals surface area (Å²) in [6, 6.07) is 0.364. The molecular formula is C9H19ClN2OS. The van der Waals surface area contributed by atoms with E-state index in [1.165, 1.54) is 0 Å². The minimum atomic E-state index is 0. The van der Waals surface area contributed by atoms with Crippen molar-refractivity contribution in [2.45, 2.75) is 19.4 Å². The second-order valence-electron chi connectivity index (χ2n) is 3.38. The maximum Gasteiger partial charge on any atom is 0.223 e. The molecule has 0 radical (unpaired) electrons. The lowest BCUT2D eigenvalue weighted by atomic mass is 10.2. The maximum absolute atomic E-state index is 11.7. The van der Waals surface area contributed by atoms with E-state index in [4.69, 9.17) is 0 Å². The Kier molecular flexibility index (Phi) is 7.41. The molecule has 5 heteroatoms. The lowest BCUT2D eigenvalue weighted by Crippen LogP contribution is -2.52. The van der Waals surface area contributed by atoms with Crippen LogP contribution in [0.4, 0.5) is 0 Å². The number of amides is 1. The molecule has 1 rings (SSSR count).